The molecule has 0 atom stereocenters. The Bertz CT molecular complexity index is 705. The van der Waals surface area contributed by atoms with Crippen LogP contribution in [0.3, 0.4) is 0 Å². The molecule has 3 N–H and O–H groups in total. The first-order valence-electron chi connectivity index (χ1n) is 5.94. The van der Waals surface area contributed by atoms with Crippen LogP contribution in [-0.2, 0) is 6.42 Å². The van der Waals surface area contributed by atoms with Gasteiger partial charge in [0.25, 0.3) is 0 Å². The first kappa shape index (κ1) is 11.5. The molecule has 0 unspecified atom stereocenters. The highest BCUT2D eigenvalue weighted by Crippen LogP contribution is 2.19. The maximum atomic E-state index is 5.52. The van der Waals surface area contributed by atoms with Crippen LogP contribution in [0, 0.1) is 0 Å². The molecule has 3 aromatic rings. The maximum absolute atomic E-state index is 5.52. The van der Waals surface area contributed by atoms with E-state index in [0.29, 0.717) is 17.2 Å². The van der Waals surface area contributed by atoms with Crippen LogP contribution >= 0.6 is 0 Å². The van der Waals surface area contributed by atoms with Crippen molar-refractivity contribution in [3.05, 3.63) is 36.4 Å². The van der Waals surface area contributed by atoms with Crippen molar-refractivity contribution >= 4 is 11.5 Å². The SMILES string of the molecule is CCc1cc(NN)n2nc(-c3cnccn3)cc2n1. The Morgan fingerprint density at radius 3 is 2.84 bits per heavy atom. The molecule has 3 heterocycles. The van der Waals surface area contributed by atoms with Crippen LogP contribution in [-0.4, -0.2) is 24.6 Å². The van der Waals surface area contributed by atoms with E-state index in [1.807, 2.05) is 19.1 Å². The Kier molecular flexibility index (Phi) is 2.81. The molecule has 96 valence electrons. The number of hydrogen-bond acceptors (Lipinski definition) is 6. The van der Waals surface area contributed by atoms with Gasteiger partial charge in [-0.25, -0.2) is 10.8 Å². The Balaban J connectivity index is 2.20. The zero-order valence-electron chi connectivity index (χ0n) is 10.4. The van der Waals surface area contributed by atoms with Gasteiger partial charge in [-0.05, 0) is 6.42 Å². The van der Waals surface area contributed by atoms with Crippen LogP contribution in [0.4, 0.5) is 5.82 Å². The van der Waals surface area contributed by atoms with Gasteiger partial charge in [0, 0.05) is 30.2 Å². The average Bonchev–Trinajstić information content (AvgIpc) is 2.91. The van der Waals surface area contributed by atoms with Crippen molar-refractivity contribution in [2.75, 3.05) is 5.43 Å². The largest absolute Gasteiger partial charge is 0.308 e. The number of nitrogen functional groups attached to an aromatic ring is 1. The van der Waals surface area contributed by atoms with E-state index in [1.54, 1.807) is 23.1 Å². The summed E-state index contributed by atoms with van der Waals surface area (Å²) >= 11 is 0. The zero-order chi connectivity index (χ0) is 13.2. The number of anilines is 1. The van der Waals surface area contributed by atoms with Gasteiger partial charge in [-0.2, -0.15) is 9.61 Å². The van der Waals surface area contributed by atoms with Gasteiger partial charge in [-0.3, -0.25) is 9.97 Å². The van der Waals surface area contributed by atoms with Crippen molar-refractivity contribution in [1.82, 2.24) is 24.6 Å². The van der Waals surface area contributed by atoms with Gasteiger partial charge in [0.05, 0.1) is 6.20 Å². The third kappa shape index (κ3) is 2.00. The summed E-state index contributed by atoms with van der Waals surface area (Å²) in [5, 5.41) is 4.44. The lowest BCUT2D eigenvalue weighted by Gasteiger charge is -2.05. The van der Waals surface area contributed by atoms with Gasteiger partial charge >= 0.3 is 0 Å². The van der Waals surface area contributed by atoms with Gasteiger partial charge in [0.1, 0.15) is 17.2 Å². The zero-order valence-corrected chi connectivity index (χ0v) is 10.4. The second-order valence-electron chi connectivity index (χ2n) is 4.02. The van der Waals surface area contributed by atoms with Crippen molar-refractivity contribution in [2.24, 2.45) is 5.84 Å². The van der Waals surface area contributed by atoms with E-state index in [2.05, 4.69) is 25.5 Å². The number of aryl methyl sites for hydroxylation is 1. The van der Waals surface area contributed by atoms with Crippen LogP contribution in [0.5, 0.6) is 0 Å². The highest BCUT2D eigenvalue weighted by molar-refractivity contribution is 5.62. The first-order chi connectivity index (χ1) is 9.31. The number of hydrazine groups is 1. The molecule has 0 aliphatic rings. The number of hydrogen-bond donors (Lipinski definition) is 2. The molecule has 3 rings (SSSR count). The maximum Gasteiger partial charge on any atom is 0.158 e. The highest BCUT2D eigenvalue weighted by atomic mass is 15.4. The topological polar surface area (TPSA) is 94.0 Å². The van der Waals surface area contributed by atoms with Gasteiger partial charge in [0.15, 0.2) is 5.65 Å². The third-order valence-corrected chi connectivity index (χ3v) is 2.82. The minimum atomic E-state index is 0.692. The Morgan fingerprint density at radius 1 is 1.26 bits per heavy atom. The summed E-state index contributed by atoms with van der Waals surface area (Å²) in [5.41, 5.74) is 5.73. The van der Waals surface area contributed by atoms with Gasteiger partial charge in [-0.15, -0.1) is 0 Å². The molecular formula is C12H13N7. The summed E-state index contributed by atoms with van der Waals surface area (Å²) < 4.78 is 1.66. The Labute approximate surface area is 109 Å². The molecule has 19 heavy (non-hydrogen) atoms. The molecule has 7 heteroatoms. The third-order valence-electron chi connectivity index (χ3n) is 2.82. The molecule has 0 spiro atoms. The Morgan fingerprint density at radius 2 is 2.16 bits per heavy atom. The normalized spacial score (nSPS) is 10.8. The number of fused-ring (bicyclic) bond motifs is 1. The number of nitrogens with two attached hydrogens (primary N) is 1. The highest BCUT2D eigenvalue weighted by Gasteiger charge is 2.10. The molecule has 7 nitrogen and oxygen atoms in total. The lowest BCUT2D eigenvalue weighted by molar-refractivity contribution is 0.911. The lowest BCUT2D eigenvalue weighted by Crippen LogP contribution is -2.12. The second kappa shape index (κ2) is 4.62. The van der Waals surface area contributed by atoms with Crippen LogP contribution in [0.2, 0.25) is 0 Å². The van der Waals surface area contributed by atoms with E-state index in [-0.39, 0.29) is 0 Å². The molecule has 0 saturated heterocycles. The monoisotopic (exact) mass is 255 g/mol. The van der Waals surface area contributed by atoms with Crippen molar-refractivity contribution in [3.63, 3.8) is 0 Å². The van der Waals surface area contributed by atoms with Gasteiger partial charge < -0.3 is 5.43 Å². The predicted molar refractivity (Wildman–Crippen MR) is 71.2 cm³/mol. The second-order valence-corrected chi connectivity index (χ2v) is 4.02. The molecule has 0 radical (unpaired) electrons. The molecular weight excluding hydrogens is 242 g/mol. The van der Waals surface area contributed by atoms with Crippen molar-refractivity contribution in [1.29, 1.82) is 0 Å². The number of rotatable bonds is 3. The smallest absolute Gasteiger partial charge is 0.158 e. The standard InChI is InChI=1S/C12H13N7/c1-2-8-5-12(17-13)19-11(16-8)6-9(18-19)10-7-14-3-4-15-10/h3-7,17H,2,13H2,1H3. The van der Waals surface area contributed by atoms with E-state index in [4.69, 9.17) is 5.84 Å². The quantitative estimate of drug-likeness (QED) is 0.536. The molecule has 0 amide bonds. The summed E-state index contributed by atoms with van der Waals surface area (Å²) in [6, 6.07) is 3.74. The fraction of sp³-hybridized carbons (Fsp3) is 0.167. The minimum absolute atomic E-state index is 0.692. The molecule has 0 bridgehead atoms. The number of nitrogens with zero attached hydrogens (tertiary/aromatic N) is 5. The van der Waals surface area contributed by atoms with Crippen LogP contribution in [0.15, 0.2) is 30.7 Å². The summed E-state index contributed by atoms with van der Waals surface area (Å²) in [5.74, 6) is 6.21. The molecule has 3 aromatic heterocycles. The van der Waals surface area contributed by atoms with Crippen LogP contribution in [0.25, 0.3) is 17.0 Å². The van der Waals surface area contributed by atoms with E-state index >= 15 is 0 Å². The van der Waals surface area contributed by atoms with Crippen molar-refractivity contribution < 1.29 is 0 Å². The molecule has 0 aromatic carbocycles. The lowest BCUT2D eigenvalue weighted by atomic mass is 10.3. The number of nitrogens with one attached hydrogen (secondary N) is 1. The molecule has 0 saturated carbocycles. The van der Waals surface area contributed by atoms with Crippen LogP contribution < -0.4 is 11.3 Å². The van der Waals surface area contributed by atoms with E-state index in [0.717, 1.165) is 17.8 Å². The predicted octanol–water partition coefficient (Wildman–Crippen LogP) is 1.03. The summed E-state index contributed by atoms with van der Waals surface area (Å²) in [6.45, 7) is 2.04. The van der Waals surface area contributed by atoms with Gasteiger partial charge in [-0.1, -0.05) is 6.92 Å². The Hall–Kier alpha value is -2.54. The molecule has 0 fully saturated rings. The fourth-order valence-corrected chi connectivity index (χ4v) is 1.87. The van der Waals surface area contributed by atoms with Gasteiger partial charge in [0.2, 0.25) is 0 Å². The summed E-state index contributed by atoms with van der Waals surface area (Å²) in [4.78, 5) is 12.8. The fourth-order valence-electron chi connectivity index (χ4n) is 1.87. The minimum Gasteiger partial charge on any atom is -0.308 e. The van der Waals surface area contributed by atoms with E-state index in [1.165, 1.54) is 0 Å². The van der Waals surface area contributed by atoms with E-state index < -0.39 is 0 Å². The van der Waals surface area contributed by atoms with E-state index in [9.17, 15) is 0 Å². The number of aromatic nitrogens is 5. The first-order valence-corrected chi connectivity index (χ1v) is 5.94. The van der Waals surface area contributed by atoms with Crippen molar-refractivity contribution in [2.45, 2.75) is 13.3 Å². The molecule has 0 aliphatic carbocycles. The summed E-state index contributed by atoms with van der Waals surface area (Å²) in [7, 11) is 0. The average molecular weight is 255 g/mol. The van der Waals surface area contributed by atoms with Crippen molar-refractivity contribution in [3.8, 4) is 11.4 Å². The molecule has 0 aliphatic heterocycles. The van der Waals surface area contributed by atoms with Crippen LogP contribution in [0.1, 0.15) is 12.6 Å². The summed E-state index contributed by atoms with van der Waals surface area (Å²) in [6.07, 6.45) is 5.75.